The van der Waals surface area contributed by atoms with Crippen LogP contribution in [0.15, 0.2) is 48.9 Å². The molecule has 0 saturated carbocycles. The monoisotopic (exact) mass is 322 g/mol. The van der Waals surface area contributed by atoms with Gasteiger partial charge in [0.05, 0.1) is 0 Å². The molecule has 0 saturated heterocycles. The number of carbonyl (C=O) groups is 1. The summed E-state index contributed by atoms with van der Waals surface area (Å²) >= 11 is 0. The number of pyridine rings is 1. The predicted molar refractivity (Wildman–Crippen MR) is 93.8 cm³/mol. The number of anilines is 2. The van der Waals surface area contributed by atoms with Crippen molar-refractivity contribution in [3.63, 3.8) is 0 Å². The molecule has 0 atom stereocenters. The van der Waals surface area contributed by atoms with Crippen molar-refractivity contribution in [1.82, 2.24) is 20.3 Å². The lowest BCUT2D eigenvalue weighted by Crippen LogP contribution is -2.28. The van der Waals surface area contributed by atoms with Crippen molar-refractivity contribution in [3.8, 4) is 0 Å². The smallest absolute Gasteiger partial charge is 0.320 e. The fourth-order valence-corrected chi connectivity index (χ4v) is 2.34. The number of aromatic nitrogens is 3. The van der Waals surface area contributed by atoms with E-state index in [1.54, 1.807) is 24.7 Å². The second-order valence-electron chi connectivity index (χ2n) is 5.12. The molecule has 2 heterocycles. The van der Waals surface area contributed by atoms with Crippen molar-refractivity contribution in [3.05, 3.63) is 54.5 Å². The summed E-state index contributed by atoms with van der Waals surface area (Å²) < 4.78 is 0. The van der Waals surface area contributed by atoms with E-state index < -0.39 is 0 Å². The van der Waals surface area contributed by atoms with Crippen molar-refractivity contribution < 1.29 is 4.79 Å². The second kappa shape index (κ2) is 7.36. The molecule has 2 aromatic heterocycles. The Labute approximate surface area is 139 Å². The average molecular weight is 322 g/mol. The molecule has 0 aliphatic rings. The lowest BCUT2D eigenvalue weighted by molar-refractivity contribution is 0.252. The van der Waals surface area contributed by atoms with Crippen molar-refractivity contribution in [2.75, 3.05) is 17.2 Å². The molecular formula is C17H18N6O. The second-order valence-corrected chi connectivity index (χ2v) is 5.12. The van der Waals surface area contributed by atoms with Gasteiger partial charge < -0.3 is 10.6 Å². The number of amides is 2. The molecule has 0 spiro atoms. The average Bonchev–Trinajstić information content (AvgIpc) is 2.60. The van der Waals surface area contributed by atoms with Crippen LogP contribution in [0.3, 0.4) is 0 Å². The molecular weight excluding hydrogens is 304 g/mol. The summed E-state index contributed by atoms with van der Waals surface area (Å²) in [7, 11) is 0. The van der Waals surface area contributed by atoms with E-state index in [2.05, 4.69) is 30.9 Å². The van der Waals surface area contributed by atoms with Crippen LogP contribution in [-0.2, 0) is 6.54 Å². The maximum atomic E-state index is 11.6. The molecule has 0 radical (unpaired) electrons. The third kappa shape index (κ3) is 3.75. The number of carbonyl (C=O) groups excluding carboxylic acids is 1. The van der Waals surface area contributed by atoms with E-state index in [0.29, 0.717) is 24.9 Å². The van der Waals surface area contributed by atoms with E-state index in [0.717, 1.165) is 16.3 Å². The van der Waals surface area contributed by atoms with Crippen LogP contribution in [0.4, 0.5) is 16.6 Å². The first-order valence-corrected chi connectivity index (χ1v) is 7.69. The Hall–Kier alpha value is -3.22. The maximum Gasteiger partial charge on any atom is 0.320 e. The highest BCUT2D eigenvalue weighted by atomic mass is 16.2. The highest BCUT2D eigenvalue weighted by Gasteiger charge is 2.06. The number of hydrogen-bond acceptors (Lipinski definition) is 5. The van der Waals surface area contributed by atoms with Gasteiger partial charge in [-0.05, 0) is 30.0 Å². The number of rotatable bonds is 5. The number of fused-ring (bicyclic) bond motifs is 1. The van der Waals surface area contributed by atoms with E-state index in [4.69, 9.17) is 0 Å². The topological polar surface area (TPSA) is 91.8 Å². The largest absolute Gasteiger partial charge is 0.350 e. The zero-order valence-electron chi connectivity index (χ0n) is 13.3. The molecule has 7 heteroatoms. The zero-order chi connectivity index (χ0) is 16.8. The summed E-state index contributed by atoms with van der Waals surface area (Å²) in [6.45, 7) is 3.02. The van der Waals surface area contributed by atoms with Crippen LogP contribution in [0.1, 0.15) is 12.5 Å². The summed E-state index contributed by atoms with van der Waals surface area (Å²) in [4.78, 5) is 24.2. The maximum absolute atomic E-state index is 11.6. The normalized spacial score (nSPS) is 10.4. The quantitative estimate of drug-likeness (QED) is 0.672. The first-order valence-electron chi connectivity index (χ1n) is 7.69. The van der Waals surface area contributed by atoms with Gasteiger partial charge in [0.15, 0.2) is 0 Å². The summed E-state index contributed by atoms with van der Waals surface area (Å²) in [6.07, 6.45) is 5.15. The summed E-state index contributed by atoms with van der Waals surface area (Å²) in [5, 5.41) is 10.6. The Balaban J connectivity index is 1.78. The number of urea groups is 1. The molecule has 3 aromatic rings. The molecule has 24 heavy (non-hydrogen) atoms. The zero-order valence-corrected chi connectivity index (χ0v) is 13.3. The third-order valence-electron chi connectivity index (χ3n) is 3.44. The minimum absolute atomic E-state index is 0.261. The van der Waals surface area contributed by atoms with Crippen LogP contribution in [0.2, 0.25) is 0 Å². The first kappa shape index (κ1) is 15.7. The molecule has 7 nitrogen and oxygen atoms in total. The number of nitrogens with zero attached hydrogens (tertiary/aromatic N) is 3. The van der Waals surface area contributed by atoms with Crippen LogP contribution in [0.25, 0.3) is 10.8 Å². The molecule has 0 bridgehead atoms. The van der Waals surface area contributed by atoms with Gasteiger partial charge >= 0.3 is 6.03 Å². The van der Waals surface area contributed by atoms with Gasteiger partial charge in [-0.2, -0.15) is 0 Å². The highest BCUT2D eigenvalue weighted by molar-refractivity contribution is 5.92. The van der Waals surface area contributed by atoms with E-state index in [-0.39, 0.29) is 6.03 Å². The predicted octanol–water partition coefficient (Wildman–Crippen LogP) is 2.78. The van der Waals surface area contributed by atoms with Crippen LogP contribution in [0.5, 0.6) is 0 Å². The number of hydrogen-bond donors (Lipinski definition) is 3. The lowest BCUT2D eigenvalue weighted by Gasteiger charge is -2.10. The standard InChI is InChI=1S/C17H18N6O/c1-2-18-17(24)23-15-9-12-5-3-6-13(14(12)11-21-15)10-22-16-19-7-4-8-20-16/h3-9,11H,2,10H2,1H3,(H,19,20,22)(H2,18,21,23,24). The molecule has 0 aliphatic carbocycles. The fraction of sp³-hybridized carbons (Fsp3) is 0.176. The lowest BCUT2D eigenvalue weighted by atomic mass is 10.1. The summed E-state index contributed by atoms with van der Waals surface area (Å²) in [5.74, 6) is 1.10. The van der Waals surface area contributed by atoms with E-state index >= 15 is 0 Å². The first-order chi connectivity index (χ1) is 11.8. The Bertz CT molecular complexity index is 837. The van der Waals surface area contributed by atoms with Crippen LogP contribution in [-0.4, -0.2) is 27.5 Å². The SMILES string of the molecule is CCNC(=O)Nc1cc2cccc(CNc3ncccn3)c2cn1. The molecule has 3 N–H and O–H groups in total. The number of nitrogens with one attached hydrogen (secondary N) is 3. The minimum atomic E-state index is -0.261. The van der Waals surface area contributed by atoms with E-state index in [1.807, 2.05) is 31.2 Å². The molecule has 0 fully saturated rings. The van der Waals surface area contributed by atoms with Crippen molar-refractivity contribution in [1.29, 1.82) is 0 Å². The summed E-state index contributed by atoms with van der Waals surface area (Å²) in [5.41, 5.74) is 1.08. The number of benzene rings is 1. The molecule has 3 rings (SSSR count). The third-order valence-corrected chi connectivity index (χ3v) is 3.44. The van der Waals surface area contributed by atoms with Gasteiger partial charge in [0, 0.05) is 37.1 Å². The van der Waals surface area contributed by atoms with Crippen molar-refractivity contribution >= 4 is 28.6 Å². The van der Waals surface area contributed by atoms with E-state index in [9.17, 15) is 4.79 Å². The Morgan fingerprint density at radius 2 is 1.96 bits per heavy atom. The molecule has 2 amide bonds. The van der Waals surface area contributed by atoms with Crippen LogP contribution in [0, 0.1) is 0 Å². The Morgan fingerprint density at radius 1 is 1.12 bits per heavy atom. The van der Waals surface area contributed by atoms with Gasteiger partial charge in [0.2, 0.25) is 5.95 Å². The highest BCUT2D eigenvalue weighted by Crippen LogP contribution is 2.21. The molecule has 1 aromatic carbocycles. The van der Waals surface area contributed by atoms with Crippen LogP contribution >= 0.6 is 0 Å². The summed E-state index contributed by atoms with van der Waals surface area (Å²) in [6, 6.07) is 9.35. The molecule has 122 valence electrons. The van der Waals surface area contributed by atoms with Gasteiger partial charge in [-0.3, -0.25) is 5.32 Å². The van der Waals surface area contributed by atoms with Gasteiger partial charge in [-0.25, -0.2) is 19.7 Å². The Kier molecular flexibility index (Phi) is 4.81. The van der Waals surface area contributed by atoms with Crippen molar-refractivity contribution in [2.24, 2.45) is 0 Å². The molecule has 0 unspecified atom stereocenters. The molecule has 0 aliphatic heterocycles. The fourth-order valence-electron chi connectivity index (χ4n) is 2.34. The van der Waals surface area contributed by atoms with Crippen molar-refractivity contribution in [2.45, 2.75) is 13.5 Å². The minimum Gasteiger partial charge on any atom is -0.350 e. The van der Waals surface area contributed by atoms with E-state index in [1.165, 1.54) is 0 Å². The Morgan fingerprint density at radius 3 is 2.75 bits per heavy atom. The van der Waals surface area contributed by atoms with Gasteiger partial charge in [0.25, 0.3) is 0 Å². The van der Waals surface area contributed by atoms with Gasteiger partial charge in [0.1, 0.15) is 5.82 Å². The van der Waals surface area contributed by atoms with Crippen LogP contribution < -0.4 is 16.0 Å². The van der Waals surface area contributed by atoms with Gasteiger partial charge in [-0.1, -0.05) is 18.2 Å². The van der Waals surface area contributed by atoms with Gasteiger partial charge in [-0.15, -0.1) is 0 Å².